The van der Waals surface area contributed by atoms with Crippen LogP contribution >= 0.6 is 0 Å². The van der Waals surface area contributed by atoms with Crippen LogP contribution in [0.4, 0.5) is 0 Å². The van der Waals surface area contributed by atoms with E-state index in [1.165, 1.54) is 12.1 Å². The zero-order valence-electron chi connectivity index (χ0n) is 17.9. The van der Waals surface area contributed by atoms with E-state index >= 15 is 0 Å². The maximum absolute atomic E-state index is 12.2. The molecule has 0 atom stereocenters. The molecule has 0 spiro atoms. The molecule has 0 amide bonds. The average Bonchev–Trinajstić information content (AvgIpc) is 2.88. The predicted octanol–water partition coefficient (Wildman–Crippen LogP) is 5.28. The van der Waals surface area contributed by atoms with Gasteiger partial charge in [0.2, 0.25) is 0 Å². The SMILES string of the molecule is [O]C(=O)c1ccc(C#Cc2ccc(C#Cc3ccc(C(=O)Oc4ccccc4)cc3)cc2)cc1. The van der Waals surface area contributed by atoms with E-state index < -0.39 is 11.9 Å². The van der Waals surface area contributed by atoms with Gasteiger partial charge in [-0.25, -0.2) is 14.7 Å². The van der Waals surface area contributed by atoms with E-state index in [0.717, 1.165) is 16.7 Å². The molecule has 1 radical (unpaired) electrons. The number of hydrogen-bond donors (Lipinski definition) is 0. The van der Waals surface area contributed by atoms with E-state index in [4.69, 9.17) is 4.74 Å². The van der Waals surface area contributed by atoms with Gasteiger partial charge in [0.1, 0.15) is 5.75 Å². The highest BCUT2D eigenvalue weighted by molar-refractivity contribution is 5.91. The first kappa shape index (κ1) is 22.1. The van der Waals surface area contributed by atoms with Crippen molar-refractivity contribution in [3.05, 3.63) is 137 Å². The highest BCUT2D eigenvalue weighted by atomic mass is 16.5. The maximum atomic E-state index is 12.2. The van der Waals surface area contributed by atoms with Crippen molar-refractivity contribution in [2.45, 2.75) is 0 Å². The Morgan fingerprint density at radius 2 is 0.882 bits per heavy atom. The Hall–Kier alpha value is -5.06. The highest BCUT2D eigenvalue weighted by Crippen LogP contribution is 2.12. The van der Waals surface area contributed by atoms with Crippen molar-refractivity contribution in [1.29, 1.82) is 0 Å². The highest BCUT2D eigenvalue weighted by Gasteiger charge is 2.07. The Morgan fingerprint density at radius 3 is 1.29 bits per heavy atom. The lowest BCUT2D eigenvalue weighted by molar-refractivity contribution is 0.0572. The fraction of sp³-hybridized carbons (Fsp3) is 0. The molecule has 0 aromatic heterocycles. The normalized spacial score (nSPS) is 9.65. The third-order valence-corrected chi connectivity index (χ3v) is 4.78. The summed E-state index contributed by atoms with van der Waals surface area (Å²) in [4.78, 5) is 23.0. The van der Waals surface area contributed by atoms with Gasteiger partial charge in [0.05, 0.1) is 11.1 Å². The fourth-order valence-electron chi connectivity index (χ4n) is 2.96. The summed E-state index contributed by atoms with van der Waals surface area (Å²) >= 11 is 0. The van der Waals surface area contributed by atoms with Crippen LogP contribution in [0.15, 0.2) is 103 Å². The van der Waals surface area contributed by atoms with Crippen LogP contribution in [0.2, 0.25) is 0 Å². The van der Waals surface area contributed by atoms with Gasteiger partial charge in [-0.1, -0.05) is 41.9 Å². The van der Waals surface area contributed by atoms with Crippen molar-refractivity contribution in [3.8, 4) is 29.4 Å². The van der Waals surface area contributed by atoms with E-state index in [1.54, 1.807) is 60.7 Å². The standard InChI is InChI=1S/C30H17O4/c31-29(32)26-18-14-24(15-19-26)12-10-22-6-8-23(9-7-22)11-13-25-16-20-27(21-17-25)30(33)34-28-4-2-1-3-5-28/h1-9,14-21H. The predicted molar refractivity (Wildman–Crippen MR) is 128 cm³/mol. The Bertz CT molecular complexity index is 1430. The third-order valence-electron chi connectivity index (χ3n) is 4.78. The van der Waals surface area contributed by atoms with Gasteiger partial charge in [-0.05, 0) is 84.9 Å². The van der Waals surface area contributed by atoms with Crippen LogP contribution in [-0.4, -0.2) is 11.9 Å². The number of carbonyl (C=O) groups is 2. The molecule has 0 unspecified atom stereocenters. The molecule has 4 heteroatoms. The molecule has 161 valence electrons. The lowest BCUT2D eigenvalue weighted by atomic mass is 10.1. The van der Waals surface area contributed by atoms with Crippen molar-refractivity contribution in [2.24, 2.45) is 0 Å². The van der Waals surface area contributed by atoms with Gasteiger partial charge < -0.3 is 4.74 Å². The number of para-hydroxylation sites is 1. The second kappa shape index (κ2) is 10.5. The molecule has 0 aliphatic heterocycles. The van der Waals surface area contributed by atoms with Gasteiger partial charge in [-0.3, -0.25) is 0 Å². The molecule has 0 aliphatic carbocycles. The van der Waals surface area contributed by atoms with Crippen LogP contribution in [0, 0.1) is 23.7 Å². The topological polar surface area (TPSA) is 63.3 Å². The Balaban J connectivity index is 1.38. The molecular weight excluding hydrogens is 424 g/mol. The molecule has 34 heavy (non-hydrogen) atoms. The van der Waals surface area contributed by atoms with Crippen LogP contribution in [0.25, 0.3) is 0 Å². The summed E-state index contributed by atoms with van der Waals surface area (Å²) in [5, 5.41) is 10.8. The smallest absolute Gasteiger partial charge is 0.386 e. The van der Waals surface area contributed by atoms with Gasteiger partial charge in [0.25, 0.3) is 0 Å². The van der Waals surface area contributed by atoms with Gasteiger partial charge in [-0.2, -0.15) is 0 Å². The molecular formula is C30H17O4. The van der Waals surface area contributed by atoms with Crippen molar-refractivity contribution in [3.63, 3.8) is 0 Å². The Morgan fingerprint density at radius 1 is 0.500 bits per heavy atom. The van der Waals surface area contributed by atoms with E-state index in [-0.39, 0.29) is 5.56 Å². The maximum Gasteiger partial charge on any atom is 0.386 e. The van der Waals surface area contributed by atoms with E-state index in [0.29, 0.717) is 16.9 Å². The number of benzene rings is 4. The zero-order valence-corrected chi connectivity index (χ0v) is 17.9. The summed E-state index contributed by atoms with van der Waals surface area (Å²) in [5.74, 6) is 11.1. The fourth-order valence-corrected chi connectivity index (χ4v) is 2.96. The largest absolute Gasteiger partial charge is 0.423 e. The first-order valence-electron chi connectivity index (χ1n) is 10.4. The first-order chi connectivity index (χ1) is 16.6. The summed E-state index contributed by atoms with van der Waals surface area (Å²) in [7, 11) is 0. The minimum absolute atomic E-state index is 0.121. The molecule has 0 saturated carbocycles. The quantitative estimate of drug-likeness (QED) is 0.247. The van der Waals surface area contributed by atoms with E-state index in [9.17, 15) is 14.7 Å². The number of esters is 1. The monoisotopic (exact) mass is 441 g/mol. The molecule has 0 fully saturated rings. The Kier molecular flexibility index (Phi) is 6.84. The molecule has 0 saturated heterocycles. The van der Waals surface area contributed by atoms with Crippen LogP contribution in [-0.2, 0) is 5.11 Å². The molecule has 4 aromatic rings. The Labute approximate surface area is 197 Å². The molecule has 0 N–H and O–H groups in total. The number of carbonyl (C=O) groups excluding carboxylic acids is 2. The van der Waals surface area contributed by atoms with Gasteiger partial charge >= 0.3 is 11.9 Å². The minimum Gasteiger partial charge on any atom is -0.423 e. The van der Waals surface area contributed by atoms with Gasteiger partial charge in [-0.15, -0.1) is 0 Å². The van der Waals surface area contributed by atoms with Crippen molar-refractivity contribution >= 4 is 11.9 Å². The van der Waals surface area contributed by atoms with Crippen molar-refractivity contribution in [1.82, 2.24) is 0 Å². The second-order valence-electron chi connectivity index (χ2n) is 7.22. The number of rotatable bonds is 3. The molecule has 0 aliphatic rings. The molecule has 4 nitrogen and oxygen atoms in total. The summed E-state index contributed by atoms with van der Waals surface area (Å²) in [5.41, 5.74) is 3.71. The molecule has 0 bridgehead atoms. The summed E-state index contributed by atoms with van der Waals surface area (Å²) in [6, 6.07) is 29.6. The van der Waals surface area contributed by atoms with E-state index in [2.05, 4.69) is 23.7 Å². The molecule has 4 rings (SSSR count). The average molecular weight is 441 g/mol. The molecule has 4 aromatic carbocycles. The zero-order chi connectivity index (χ0) is 23.8. The third kappa shape index (κ3) is 6.01. The van der Waals surface area contributed by atoms with Crippen LogP contribution in [0.1, 0.15) is 43.0 Å². The minimum atomic E-state index is -1.21. The second-order valence-corrected chi connectivity index (χ2v) is 7.22. The summed E-state index contributed by atoms with van der Waals surface area (Å²) < 4.78 is 5.33. The van der Waals surface area contributed by atoms with E-state index in [1.807, 2.05) is 30.3 Å². The summed E-state index contributed by atoms with van der Waals surface area (Å²) in [6.07, 6.45) is 0. The first-order valence-corrected chi connectivity index (χ1v) is 10.4. The lowest BCUT2D eigenvalue weighted by Gasteiger charge is -2.03. The number of ether oxygens (including phenoxy) is 1. The van der Waals surface area contributed by atoms with Crippen molar-refractivity contribution in [2.75, 3.05) is 0 Å². The van der Waals surface area contributed by atoms with Crippen LogP contribution in [0.5, 0.6) is 5.75 Å². The van der Waals surface area contributed by atoms with Crippen LogP contribution in [0.3, 0.4) is 0 Å². The van der Waals surface area contributed by atoms with Gasteiger partial charge in [0.15, 0.2) is 0 Å². The summed E-state index contributed by atoms with van der Waals surface area (Å²) in [6.45, 7) is 0. The number of hydrogen-bond acceptors (Lipinski definition) is 3. The van der Waals surface area contributed by atoms with Crippen LogP contribution < -0.4 is 4.74 Å². The van der Waals surface area contributed by atoms with Gasteiger partial charge in [0, 0.05) is 22.3 Å². The molecule has 0 heterocycles. The van der Waals surface area contributed by atoms with Crippen molar-refractivity contribution < 1.29 is 19.4 Å². The lowest BCUT2D eigenvalue weighted by Crippen LogP contribution is -2.08.